The Bertz CT molecular complexity index is 373. The van der Waals surface area contributed by atoms with E-state index in [4.69, 9.17) is 0 Å². The van der Waals surface area contributed by atoms with Crippen molar-refractivity contribution in [2.24, 2.45) is 0 Å². The Labute approximate surface area is 106 Å². The van der Waals surface area contributed by atoms with Gasteiger partial charge in [-0.15, -0.1) is 0 Å². The van der Waals surface area contributed by atoms with Crippen molar-refractivity contribution in [1.82, 2.24) is 5.32 Å². The van der Waals surface area contributed by atoms with Gasteiger partial charge in [-0.2, -0.15) is 0 Å². The standard InChI is InChI=1S/C11H15BrFNOS/c1-2-16(15)6-5-14-8-9-7-10(12)3-4-11(9)13/h3-4,7,14H,2,5-6,8H2,1H3. The molecule has 0 saturated carbocycles. The van der Waals surface area contributed by atoms with Gasteiger partial charge in [-0.05, 0) is 18.2 Å². The maximum absolute atomic E-state index is 13.3. The van der Waals surface area contributed by atoms with Crippen LogP contribution in [0.1, 0.15) is 12.5 Å². The number of benzene rings is 1. The highest BCUT2D eigenvalue weighted by atomic mass is 79.9. The molecule has 1 N–H and O–H groups in total. The maximum atomic E-state index is 13.3. The molecule has 5 heteroatoms. The summed E-state index contributed by atoms with van der Waals surface area (Å²) in [5, 5.41) is 3.08. The van der Waals surface area contributed by atoms with Crippen LogP contribution in [0.3, 0.4) is 0 Å². The SMILES string of the molecule is CCS(=O)CCNCc1cc(Br)ccc1F. The molecular formula is C11H15BrFNOS. The lowest BCUT2D eigenvalue weighted by molar-refractivity contribution is 0.593. The molecule has 0 heterocycles. The number of hydrogen-bond donors (Lipinski definition) is 1. The molecule has 0 aliphatic heterocycles. The van der Waals surface area contributed by atoms with Crippen molar-refractivity contribution in [2.75, 3.05) is 18.1 Å². The lowest BCUT2D eigenvalue weighted by atomic mass is 10.2. The Morgan fingerprint density at radius 2 is 2.25 bits per heavy atom. The molecule has 0 aliphatic rings. The Morgan fingerprint density at radius 3 is 2.94 bits per heavy atom. The van der Waals surface area contributed by atoms with E-state index < -0.39 is 10.8 Å². The van der Waals surface area contributed by atoms with E-state index in [-0.39, 0.29) is 5.82 Å². The molecule has 0 fully saturated rings. The van der Waals surface area contributed by atoms with Crippen molar-refractivity contribution in [1.29, 1.82) is 0 Å². The minimum absolute atomic E-state index is 0.215. The quantitative estimate of drug-likeness (QED) is 0.818. The molecule has 1 unspecified atom stereocenters. The van der Waals surface area contributed by atoms with Gasteiger partial charge in [-0.1, -0.05) is 22.9 Å². The van der Waals surface area contributed by atoms with E-state index in [1.807, 2.05) is 6.92 Å². The predicted molar refractivity (Wildman–Crippen MR) is 69.4 cm³/mol. The number of halogens is 2. The van der Waals surface area contributed by atoms with Crippen LogP contribution in [0.2, 0.25) is 0 Å². The zero-order valence-electron chi connectivity index (χ0n) is 9.13. The first kappa shape index (κ1) is 13.8. The molecule has 0 spiro atoms. The molecular weight excluding hydrogens is 293 g/mol. The van der Waals surface area contributed by atoms with Crippen LogP contribution < -0.4 is 5.32 Å². The van der Waals surface area contributed by atoms with Gasteiger partial charge < -0.3 is 5.32 Å². The highest BCUT2D eigenvalue weighted by molar-refractivity contribution is 9.10. The Hall–Kier alpha value is -0.260. The van der Waals surface area contributed by atoms with Gasteiger partial charge in [0.25, 0.3) is 0 Å². The normalized spacial score (nSPS) is 12.7. The van der Waals surface area contributed by atoms with Gasteiger partial charge in [0, 0.05) is 45.4 Å². The van der Waals surface area contributed by atoms with Crippen LogP contribution in [0.25, 0.3) is 0 Å². The van der Waals surface area contributed by atoms with Crippen LogP contribution in [-0.2, 0) is 17.3 Å². The minimum Gasteiger partial charge on any atom is -0.312 e. The molecule has 0 aliphatic carbocycles. The molecule has 1 aromatic carbocycles. The van der Waals surface area contributed by atoms with Crippen LogP contribution in [-0.4, -0.2) is 22.3 Å². The van der Waals surface area contributed by atoms with Crippen LogP contribution in [0, 0.1) is 5.82 Å². The molecule has 1 atom stereocenters. The molecule has 0 aromatic heterocycles. The average molecular weight is 308 g/mol. The van der Waals surface area contributed by atoms with Crippen LogP contribution in [0.15, 0.2) is 22.7 Å². The van der Waals surface area contributed by atoms with E-state index in [0.29, 0.717) is 30.2 Å². The first-order chi connectivity index (χ1) is 7.63. The first-order valence-corrected chi connectivity index (χ1v) is 7.41. The lowest BCUT2D eigenvalue weighted by Gasteiger charge is -2.06. The lowest BCUT2D eigenvalue weighted by Crippen LogP contribution is -2.21. The Morgan fingerprint density at radius 1 is 1.50 bits per heavy atom. The molecule has 2 nitrogen and oxygen atoms in total. The summed E-state index contributed by atoms with van der Waals surface area (Å²) in [6.45, 7) is 3.00. The van der Waals surface area contributed by atoms with E-state index in [9.17, 15) is 8.60 Å². The maximum Gasteiger partial charge on any atom is 0.127 e. The predicted octanol–water partition coefficient (Wildman–Crippen LogP) is 2.45. The monoisotopic (exact) mass is 307 g/mol. The zero-order valence-corrected chi connectivity index (χ0v) is 11.5. The second kappa shape index (κ2) is 7.14. The molecule has 0 radical (unpaired) electrons. The summed E-state index contributed by atoms with van der Waals surface area (Å²) in [6, 6.07) is 4.86. The third-order valence-corrected chi connectivity index (χ3v) is 3.95. The highest BCUT2D eigenvalue weighted by Gasteiger charge is 2.02. The third-order valence-electron chi connectivity index (χ3n) is 2.15. The van der Waals surface area contributed by atoms with Crippen molar-refractivity contribution in [3.8, 4) is 0 Å². The average Bonchev–Trinajstić information content (AvgIpc) is 2.28. The summed E-state index contributed by atoms with van der Waals surface area (Å²) in [7, 11) is -0.760. The van der Waals surface area contributed by atoms with Gasteiger partial charge in [0.2, 0.25) is 0 Å². The smallest absolute Gasteiger partial charge is 0.127 e. The molecule has 0 amide bonds. The van der Waals surface area contributed by atoms with E-state index in [0.717, 1.165) is 4.47 Å². The van der Waals surface area contributed by atoms with E-state index in [2.05, 4.69) is 21.2 Å². The van der Waals surface area contributed by atoms with E-state index >= 15 is 0 Å². The summed E-state index contributed by atoms with van der Waals surface area (Å²) >= 11 is 3.30. The van der Waals surface area contributed by atoms with Crippen molar-refractivity contribution < 1.29 is 8.60 Å². The van der Waals surface area contributed by atoms with Crippen LogP contribution >= 0.6 is 15.9 Å². The van der Waals surface area contributed by atoms with E-state index in [1.54, 1.807) is 12.1 Å². The summed E-state index contributed by atoms with van der Waals surface area (Å²) in [5.41, 5.74) is 0.622. The number of nitrogens with one attached hydrogen (secondary N) is 1. The second-order valence-electron chi connectivity index (χ2n) is 3.35. The third kappa shape index (κ3) is 4.72. The van der Waals surface area contributed by atoms with Gasteiger partial charge >= 0.3 is 0 Å². The van der Waals surface area contributed by atoms with Crippen molar-refractivity contribution in [2.45, 2.75) is 13.5 Å². The number of hydrogen-bond acceptors (Lipinski definition) is 2. The topological polar surface area (TPSA) is 29.1 Å². The van der Waals surface area contributed by atoms with Gasteiger partial charge in [0.1, 0.15) is 5.82 Å². The van der Waals surface area contributed by atoms with Gasteiger partial charge in [0.05, 0.1) is 0 Å². The van der Waals surface area contributed by atoms with Crippen LogP contribution in [0.5, 0.6) is 0 Å². The van der Waals surface area contributed by atoms with Crippen molar-refractivity contribution >= 4 is 26.7 Å². The van der Waals surface area contributed by atoms with Gasteiger partial charge in [-0.25, -0.2) is 4.39 Å². The molecule has 1 aromatic rings. The van der Waals surface area contributed by atoms with Gasteiger partial charge in [-0.3, -0.25) is 4.21 Å². The second-order valence-corrected chi connectivity index (χ2v) is 6.13. The summed E-state index contributed by atoms with van der Waals surface area (Å²) < 4.78 is 25.3. The largest absolute Gasteiger partial charge is 0.312 e. The fraction of sp³-hybridized carbons (Fsp3) is 0.455. The van der Waals surface area contributed by atoms with E-state index in [1.165, 1.54) is 6.07 Å². The molecule has 16 heavy (non-hydrogen) atoms. The van der Waals surface area contributed by atoms with Gasteiger partial charge in [0.15, 0.2) is 0 Å². The highest BCUT2D eigenvalue weighted by Crippen LogP contribution is 2.15. The Kier molecular flexibility index (Phi) is 6.16. The summed E-state index contributed by atoms with van der Waals surface area (Å²) in [5.74, 6) is 1.08. The summed E-state index contributed by atoms with van der Waals surface area (Å²) in [4.78, 5) is 0. The number of rotatable bonds is 6. The van der Waals surface area contributed by atoms with Crippen molar-refractivity contribution in [3.05, 3.63) is 34.1 Å². The molecule has 1 rings (SSSR count). The zero-order chi connectivity index (χ0) is 12.0. The molecule has 90 valence electrons. The van der Waals surface area contributed by atoms with Crippen molar-refractivity contribution in [3.63, 3.8) is 0 Å². The fourth-order valence-electron chi connectivity index (χ4n) is 1.23. The molecule has 0 saturated heterocycles. The first-order valence-electron chi connectivity index (χ1n) is 5.13. The summed E-state index contributed by atoms with van der Waals surface area (Å²) in [6.07, 6.45) is 0. The molecule has 0 bridgehead atoms. The van der Waals surface area contributed by atoms with Crippen LogP contribution in [0.4, 0.5) is 4.39 Å². The fourth-order valence-corrected chi connectivity index (χ4v) is 2.30. The minimum atomic E-state index is -0.760. The Balaban J connectivity index is 2.37.